The van der Waals surface area contributed by atoms with Gasteiger partial charge in [0.1, 0.15) is 11.2 Å². The van der Waals surface area contributed by atoms with Gasteiger partial charge in [-0.3, -0.25) is 4.52 Å². The highest BCUT2D eigenvalue weighted by Gasteiger charge is 2.45. The van der Waals surface area contributed by atoms with E-state index < -0.39 is 33.3 Å². The van der Waals surface area contributed by atoms with Crippen molar-refractivity contribution < 1.29 is 43.2 Å². The van der Waals surface area contributed by atoms with Gasteiger partial charge in [0.05, 0.1) is 6.10 Å². The predicted molar refractivity (Wildman–Crippen MR) is 148 cm³/mol. The van der Waals surface area contributed by atoms with Crippen LogP contribution in [0.4, 0.5) is 0 Å². The van der Waals surface area contributed by atoms with Crippen LogP contribution in [0.3, 0.4) is 0 Å². The van der Waals surface area contributed by atoms with Crippen molar-refractivity contribution in [1.29, 1.82) is 0 Å². The molecule has 0 aromatic heterocycles. The zero-order valence-electron chi connectivity index (χ0n) is 22.2. The molecular formula is C27H43O9P2+. The lowest BCUT2D eigenvalue weighted by Gasteiger charge is -2.30. The Kier molecular flexibility index (Phi) is 13.0. The van der Waals surface area contributed by atoms with Crippen molar-refractivity contribution in [3.8, 4) is 0 Å². The Bertz CT molecular complexity index is 981. The molecule has 2 aromatic carbocycles. The molecular weight excluding hydrogens is 530 g/mol. The van der Waals surface area contributed by atoms with Gasteiger partial charge in [-0.2, -0.15) is 14.7 Å². The first kappa shape index (κ1) is 33.0. The molecule has 3 atom stereocenters. The minimum Gasteiger partial charge on any atom is -0.393 e. The van der Waals surface area contributed by atoms with E-state index in [1.165, 1.54) is 0 Å². The third-order valence-electron chi connectivity index (χ3n) is 6.80. The Morgan fingerprint density at radius 1 is 0.737 bits per heavy atom. The number of benzene rings is 2. The number of aliphatic hydroxyl groups is 1. The summed E-state index contributed by atoms with van der Waals surface area (Å²) >= 11 is 0. The molecule has 9 nitrogen and oxygen atoms in total. The van der Waals surface area contributed by atoms with Crippen LogP contribution < -0.4 is 0 Å². The number of phosphoric ester groups is 1. The standard InChI is InChI=1S/C27H42O9P2/c1-26(35-37(29,30)31,23-15-7-3-8-16-23)21-13-5-11-19-25(28)20-12-6-14-22-27(2,36-38(32,33)34)24-17-9-4-10-18-24/h3-4,7-10,15-18,25,28-31H,5-6,11-14,19-22H2,1-2H3,(H-,32,33,34)/p+1. The highest BCUT2D eigenvalue weighted by atomic mass is 31.2. The number of unbranched alkanes of at least 4 members (excludes halogenated alkanes) is 4. The quantitative estimate of drug-likeness (QED) is 0.0949. The van der Waals surface area contributed by atoms with Gasteiger partial charge in [-0.15, -0.1) is 4.52 Å². The molecule has 2 aromatic rings. The Morgan fingerprint density at radius 2 is 1.16 bits per heavy atom. The summed E-state index contributed by atoms with van der Waals surface area (Å²) in [6, 6.07) is 18.2. The van der Waals surface area contributed by atoms with Gasteiger partial charge >= 0.3 is 16.0 Å². The number of phosphoric acid groups is 1. The van der Waals surface area contributed by atoms with Crippen molar-refractivity contribution in [2.45, 2.75) is 95.4 Å². The minimum absolute atomic E-state index is 0.440. The molecule has 0 aliphatic heterocycles. The van der Waals surface area contributed by atoms with E-state index in [1.807, 2.05) is 48.5 Å². The van der Waals surface area contributed by atoms with E-state index in [-0.39, 0.29) is 0 Å². The van der Waals surface area contributed by atoms with E-state index in [9.17, 15) is 34.1 Å². The summed E-state index contributed by atoms with van der Waals surface area (Å²) < 4.78 is 22.0. The predicted octanol–water partition coefficient (Wildman–Crippen LogP) is 5.86. The summed E-state index contributed by atoms with van der Waals surface area (Å²) in [7, 11) is -9.08. The normalized spacial score (nSPS) is 16.5. The summed E-state index contributed by atoms with van der Waals surface area (Å²) in [5, 5.41) is 10.4. The molecule has 38 heavy (non-hydrogen) atoms. The monoisotopic (exact) mass is 573 g/mol. The Hall–Kier alpha value is -1.22. The van der Waals surface area contributed by atoms with Gasteiger partial charge in [0, 0.05) is 0 Å². The molecule has 214 valence electrons. The van der Waals surface area contributed by atoms with Gasteiger partial charge < -0.3 is 14.9 Å². The van der Waals surface area contributed by atoms with Gasteiger partial charge in [0.15, 0.2) is 0 Å². The highest BCUT2D eigenvalue weighted by Crippen LogP contribution is 2.54. The van der Waals surface area contributed by atoms with Crippen LogP contribution in [0.25, 0.3) is 0 Å². The van der Waals surface area contributed by atoms with Crippen LogP contribution >= 0.6 is 16.0 Å². The lowest BCUT2D eigenvalue weighted by atomic mass is 9.89. The molecule has 0 heterocycles. The van der Waals surface area contributed by atoms with Crippen molar-refractivity contribution >= 4 is 16.0 Å². The topological polar surface area (TPSA) is 157 Å². The molecule has 0 amide bonds. The van der Waals surface area contributed by atoms with Gasteiger partial charge in [-0.25, -0.2) is 4.57 Å². The van der Waals surface area contributed by atoms with Gasteiger partial charge in [0.25, 0.3) is 0 Å². The van der Waals surface area contributed by atoms with E-state index >= 15 is 0 Å². The maximum absolute atomic E-state index is 11.5. The number of hydrogen-bond acceptors (Lipinski definition) is 7. The van der Waals surface area contributed by atoms with Crippen LogP contribution in [0.1, 0.15) is 89.2 Å². The molecule has 0 aliphatic rings. The lowest BCUT2D eigenvalue weighted by molar-refractivity contribution is 0.0187. The molecule has 0 spiro atoms. The molecule has 0 radical (unpaired) electrons. The average Bonchev–Trinajstić information content (AvgIpc) is 2.82. The first-order valence-electron chi connectivity index (χ1n) is 13.1. The Balaban J connectivity index is 1.71. The van der Waals surface area contributed by atoms with Crippen LogP contribution in [0.15, 0.2) is 60.7 Å². The van der Waals surface area contributed by atoms with E-state index in [2.05, 4.69) is 0 Å². The Labute approximate surface area is 226 Å². The van der Waals surface area contributed by atoms with E-state index in [0.29, 0.717) is 37.7 Å². The summed E-state index contributed by atoms with van der Waals surface area (Å²) in [5.41, 5.74) is -0.678. The fraction of sp³-hybridized carbons (Fsp3) is 0.556. The summed E-state index contributed by atoms with van der Waals surface area (Å²) in [5.74, 6) is 0. The second kappa shape index (κ2) is 15.0. The summed E-state index contributed by atoms with van der Waals surface area (Å²) in [4.78, 5) is 47.2. The Morgan fingerprint density at radius 3 is 1.58 bits per heavy atom. The maximum atomic E-state index is 11.5. The second-order valence-electron chi connectivity index (χ2n) is 10.2. The fourth-order valence-electron chi connectivity index (χ4n) is 4.78. The zero-order chi connectivity index (χ0) is 28.3. The van der Waals surface area contributed by atoms with Crippen molar-refractivity contribution in [3.63, 3.8) is 0 Å². The van der Waals surface area contributed by atoms with Crippen molar-refractivity contribution in [1.82, 2.24) is 0 Å². The average molecular weight is 574 g/mol. The fourth-order valence-corrected chi connectivity index (χ4v) is 6.24. The van der Waals surface area contributed by atoms with Gasteiger partial charge in [-0.05, 0) is 50.7 Å². The number of hydrogen-bond donors (Lipinski definition) is 6. The smallest absolute Gasteiger partial charge is 0.393 e. The molecule has 6 N–H and O–H groups in total. The van der Waals surface area contributed by atoms with Crippen LogP contribution in [0.5, 0.6) is 0 Å². The molecule has 0 aliphatic carbocycles. The SMILES string of the molecule is CC(CCCCCC(O)CCCCCC(C)(O[P+](O)(O)O)c1ccccc1)(OP(=O)(O)O)c1ccccc1. The third kappa shape index (κ3) is 12.3. The van der Waals surface area contributed by atoms with Gasteiger partial charge in [0.2, 0.25) is 0 Å². The second-order valence-corrected chi connectivity index (χ2v) is 12.6. The van der Waals surface area contributed by atoms with Crippen molar-refractivity contribution in [3.05, 3.63) is 71.8 Å². The highest BCUT2D eigenvalue weighted by molar-refractivity contribution is 7.53. The first-order chi connectivity index (χ1) is 17.7. The maximum Gasteiger partial charge on any atom is 0.568 e. The molecule has 0 saturated carbocycles. The molecule has 0 bridgehead atoms. The molecule has 0 fully saturated rings. The van der Waals surface area contributed by atoms with E-state index in [4.69, 9.17) is 9.05 Å². The van der Waals surface area contributed by atoms with E-state index in [0.717, 1.165) is 37.7 Å². The van der Waals surface area contributed by atoms with Crippen LogP contribution in [0, 0.1) is 0 Å². The zero-order valence-corrected chi connectivity index (χ0v) is 24.0. The van der Waals surface area contributed by atoms with Crippen molar-refractivity contribution in [2.24, 2.45) is 0 Å². The van der Waals surface area contributed by atoms with Gasteiger partial charge in [-0.1, -0.05) is 99.2 Å². The van der Waals surface area contributed by atoms with Crippen LogP contribution in [-0.2, 0) is 24.8 Å². The lowest BCUT2D eigenvalue weighted by Crippen LogP contribution is -2.26. The minimum atomic E-state index is -4.66. The molecule has 3 unspecified atom stereocenters. The third-order valence-corrected chi connectivity index (χ3v) is 8.08. The number of aliphatic hydroxyl groups excluding tert-OH is 1. The van der Waals surface area contributed by atoms with Crippen molar-refractivity contribution in [2.75, 3.05) is 0 Å². The number of rotatable bonds is 18. The van der Waals surface area contributed by atoms with Crippen LogP contribution in [-0.4, -0.2) is 35.7 Å². The van der Waals surface area contributed by atoms with E-state index in [1.54, 1.807) is 26.0 Å². The molecule has 11 heteroatoms. The molecule has 2 rings (SSSR count). The van der Waals surface area contributed by atoms with Crippen LogP contribution in [0.2, 0.25) is 0 Å². The summed E-state index contributed by atoms with van der Waals surface area (Å²) in [6.07, 6.45) is 6.37. The first-order valence-corrected chi connectivity index (χ1v) is 16.2. The largest absolute Gasteiger partial charge is 0.568 e. The molecule has 0 saturated heterocycles. The summed E-state index contributed by atoms with van der Waals surface area (Å²) in [6.45, 7) is 3.41.